The van der Waals surface area contributed by atoms with E-state index in [0.717, 1.165) is 50.9 Å². The predicted octanol–water partition coefficient (Wildman–Crippen LogP) is 3.90. The number of likely N-dealkylation sites (tertiary alicyclic amines) is 1. The highest BCUT2D eigenvalue weighted by atomic mass is 16.2. The summed E-state index contributed by atoms with van der Waals surface area (Å²) in [4.78, 5) is 28.8. The fourth-order valence-electron chi connectivity index (χ4n) is 3.20. The van der Waals surface area contributed by atoms with Crippen molar-refractivity contribution in [3.05, 3.63) is 23.8 Å². The van der Waals surface area contributed by atoms with Gasteiger partial charge in [0.2, 0.25) is 5.91 Å². The number of hydrogen-bond donors (Lipinski definition) is 1. The fourth-order valence-corrected chi connectivity index (χ4v) is 3.20. The highest BCUT2D eigenvalue weighted by Gasteiger charge is 2.23. The zero-order chi connectivity index (χ0) is 18.2. The lowest BCUT2D eigenvalue weighted by atomic mass is 10.1. The largest absolute Gasteiger partial charge is 0.377 e. The molecule has 1 fully saturated rings. The summed E-state index contributed by atoms with van der Waals surface area (Å²) in [5.74, 6) is 0.0773. The Morgan fingerprint density at radius 3 is 2.48 bits per heavy atom. The Hall–Kier alpha value is -2.04. The van der Waals surface area contributed by atoms with Crippen LogP contribution in [0.1, 0.15) is 62.2 Å². The molecule has 0 spiro atoms. The number of anilines is 2. The Bertz CT molecular complexity index is 593. The van der Waals surface area contributed by atoms with Crippen LogP contribution in [0, 0.1) is 0 Å². The van der Waals surface area contributed by atoms with Crippen LogP contribution in [0.4, 0.5) is 11.4 Å². The molecule has 0 unspecified atom stereocenters. The smallest absolute Gasteiger partial charge is 0.256 e. The second kappa shape index (κ2) is 9.44. The van der Waals surface area contributed by atoms with E-state index in [4.69, 9.17) is 0 Å². The number of carbonyl (C=O) groups is 2. The Morgan fingerprint density at radius 1 is 1.12 bits per heavy atom. The first-order valence-corrected chi connectivity index (χ1v) is 9.43. The Balaban J connectivity index is 2.08. The van der Waals surface area contributed by atoms with Gasteiger partial charge in [0.1, 0.15) is 0 Å². The van der Waals surface area contributed by atoms with E-state index in [9.17, 15) is 9.59 Å². The van der Waals surface area contributed by atoms with Crippen LogP contribution in [-0.2, 0) is 4.79 Å². The zero-order valence-corrected chi connectivity index (χ0v) is 15.8. The molecule has 0 radical (unpaired) electrons. The van der Waals surface area contributed by atoms with E-state index in [1.807, 2.05) is 42.1 Å². The number of unbranched alkanes of at least 4 members (excludes halogenated alkanes) is 3. The summed E-state index contributed by atoms with van der Waals surface area (Å²) in [6, 6.07) is 5.61. The molecule has 1 heterocycles. The van der Waals surface area contributed by atoms with E-state index in [1.165, 1.54) is 6.42 Å². The molecule has 5 nitrogen and oxygen atoms in total. The van der Waals surface area contributed by atoms with Crippen LogP contribution in [0.3, 0.4) is 0 Å². The Morgan fingerprint density at radius 2 is 1.84 bits per heavy atom. The van der Waals surface area contributed by atoms with Crippen molar-refractivity contribution in [2.45, 2.75) is 51.9 Å². The number of carbonyl (C=O) groups excluding carboxylic acids is 2. The van der Waals surface area contributed by atoms with E-state index >= 15 is 0 Å². The maximum atomic E-state index is 12.8. The molecule has 1 N–H and O–H groups in total. The molecule has 0 aromatic heterocycles. The molecule has 2 amide bonds. The van der Waals surface area contributed by atoms with Crippen LogP contribution in [0.15, 0.2) is 18.2 Å². The lowest BCUT2D eigenvalue weighted by molar-refractivity contribution is -0.116. The average Bonchev–Trinajstić information content (AvgIpc) is 3.12. The third-order valence-corrected chi connectivity index (χ3v) is 4.64. The molecule has 25 heavy (non-hydrogen) atoms. The third-order valence-electron chi connectivity index (χ3n) is 4.64. The summed E-state index contributed by atoms with van der Waals surface area (Å²) in [5, 5.41) is 2.94. The van der Waals surface area contributed by atoms with E-state index in [-0.39, 0.29) is 11.8 Å². The van der Waals surface area contributed by atoms with Crippen molar-refractivity contribution >= 4 is 23.2 Å². The van der Waals surface area contributed by atoms with E-state index in [1.54, 1.807) is 0 Å². The van der Waals surface area contributed by atoms with Crippen molar-refractivity contribution in [2.75, 3.05) is 37.4 Å². The van der Waals surface area contributed by atoms with E-state index in [2.05, 4.69) is 12.2 Å². The zero-order valence-electron chi connectivity index (χ0n) is 15.8. The van der Waals surface area contributed by atoms with Crippen molar-refractivity contribution < 1.29 is 9.59 Å². The van der Waals surface area contributed by atoms with Gasteiger partial charge in [-0.25, -0.2) is 0 Å². The first kappa shape index (κ1) is 19.3. The van der Waals surface area contributed by atoms with Gasteiger partial charge in [0.15, 0.2) is 0 Å². The van der Waals surface area contributed by atoms with Crippen molar-refractivity contribution in [3.8, 4) is 0 Å². The van der Waals surface area contributed by atoms with Crippen LogP contribution in [-0.4, -0.2) is 43.9 Å². The maximum absolute atomic E-state index is 12.8. The minimum atomic E-state index is 0.0216. The molecule has 0 saturated carbocycles. The number of benzene rings is 1. The molecule has 1 aromatic rings. The average molecular weight is 345 g/mol. The van der Waals surface area contributed by atoms with Gasteiger partial charge in [-0.3, -0.25) is 9.59 Å². The van der Waals surface area contributed by atoms with Gasteiger partial charge < -0.3 is 15.1 Å². The third kappa shape index (κ3) is 5.48. The Kier molecular flexibility index (Phi) is 7.29. The highest BCUT2D eigenvalue weighted by molar-refractivity contribution is 6.02. The minimum absolute atomic E-state index is 0.0216. The van der Waals surface area contributed by atoms with Crippen LogP contribution in [0.25, 0.3) is 0 Å². The molecule has 138 valence electrons. The van der Waals surface area contributed by atoms with Crippen molar-refractivity contribution in [3.63, 3.8) is 0 Å². The van der Waals surface area contributed by atoms with Crippen LogP contribution in [0.5, 0.6) is 0 Å². The van der Waals surface area contributed by atoms with E-state index < -0.39 is 0 Å². The summed E-state index contributed by atoms with van der Waals surface area (Å²) in [7, 11) is 3.87. The molecular weight excluding hydrogens is 314 g/mol. The molecule has 0 bridgehead atoms. The molecule has 2 rings (SSSR count). The van der Waals surface area contributed by atoms with Crippen molar-refractivity contribution in [1.29, 1.82) is 0 Å². The normalized spacial score (nSPS) is 13.8. The van der Waals surface area contributed by atoms with E-state index in [0.29, 0.717) is 17.7 Å². The summed E-state index contributed by atoms with van der Waals surface area (Å²) in [5.41, 5.74) is 2.25. The molecule has 1 aliphatic heterocycles. The number of nitrogens with zero attached hydrogens (tertiary/aromatic N) is 2. The molecule has 0 aliphatic carbocycles. The number of rotatable bonds is 8. The van der Waals surface area contributed by atoms with Gasteiger partial charge in [0.25, 0.3) is 5.91 Å². The molecule has 0 atom stereocenters. The van der Waals surface area contributed by atoms with Gasteiger partial charge in [-0.05, 0) is 37.5 Å². The molecule has 1 aliphatic rings. The lowest BCUT2D eigenvalue weighted by Gasteiger charge is -2.22. The maximum Gasteiger partial charge on any atom is 0.256 e. The van der Waals surface area contributed by atoms with Crippen molar-refractivity contribution in [1.82, 2.24) is 4.90 Å². The fraction of sp³-hybridized carbons (Fsp3) is 0.600. The SMILES string of the molecule is CCCCCCC(=O)Nc1ccc(N(C)C)c(C(=O)N2CCCC2)c1. The summed E-state index contributed by atoms with van der Waals surface area (Å²) in [6.07, 6.45) is 6.99. The topological polar surface area (TPSA) is 52.7 Å². The molecule has 1 saturated heterocycles. The Labute approximate surface area is 151 Å². The minimum Gasteiger partial charge on any atom is -0.377 e. The summed E-state index contributed by atoms with van der Waals surface area (Å²) in [6.45, 7) is 3.80. The molecule has 5 heteroatoms. The first-order valence-electron chi connectivity index (χ1n) is 9.43. The van der Waals surface area contributed by atoms with Gasteiger partial charge in [0.05, 0.1) is 5.56 Å². The first-order chi connectivity index (χ1) is 12.0. The van der Waals surface area contributed by atoms with Gasteiger partial charge in [0, 0.05) is 45.0 Å². The van der Waals surface area contributed by atoms with Gasteiger partial charge in [-0.15, -0.1) is 0 Å². The molecule has 1 aromatic carbocycles. The van der Waals surface area contributed by atoms with Crippen LogP contribution < -0.4 is 10.2 Å². The molecular formula is C20H31N3O2. The van der Waals surface area contributed by atoms with Gasteiger partial charge >= 0.3 is 0 Å². The predicted molar refractivity (Wildman–Crippen MR) is 103 cm³/mol. The second-order valence-electron chi connectivity index (χ2n) is 6.98. The lowest BCUT2D eigenvalue weighted by Crippen LogP contribution is -2.29. The second-order valence-corrected chi connectivity index (χ2v) is 6.98. The monoisotopic (exact) mass is 345 g/mol. The van der Waals surface area contributed by atoms with Crippen LogP contribution >= 0.6 is 0 Å². The van der Waals surface area contributed by atoms with Crippen LogP contribution in [0.2, 0.25) is 0 Å². The van der Waals surface area contributed by atoms with Crippen molar-refractivity contribution in [2.24, 2.45) is 0 Å². The highest BCUT2D eigenvalue weighted by Crippen LogP contribution is 2.26. The number of hydrogen-bond acceptors (Lipinski definition) is 3. The number of nitrogens with one attached hydrogen (secondary N) is 1. The van der Waals surface area contributed by atoms with Gasteiger partial charge in [-0.1, -0.05) is 26.2 Å². The summed E-state index contributed by atoms with van der Waals surface area (Å²) >= 11 is 0. The standard InChI is InChI=1S/C20H31N3O2/c1-4-5-6-7-10-19(24)21-16-11-12-18(22(2)3)17(15-16)20(25)23-13-8-9-14-23/h11-12,15H,4-10,13-14H2,1-3H3,(H,21,24). The summed E-state index contributed by atoms with van der Waals surface area (Å²) < 4.78 is 0. The van der Waals surface area contributed by atoms with Gasteiger partial charge in [-0.2, -0.15) is 0 Å². The quantitative estimate of drug-likeness (QED) is 0.727. The number of amides is 2.